The van der Waals surface area contributed by atoms with Gasteiger partial charge in [-0.3, -0.25) is 0 Å². The molecule has 0 saturated heterocycles. The first-order valence-electron chi connectivity index (χ1n) is 6.96. The third kappa shape index (κ3) is 4.79. The van der Waals surface area contributed by atoms with Crippen molar-refractivity contribution < 1.29 is 4.74 Å². The average molecular weight is 249 g/mol. The summed E-state index contributed by atoms with van der Waals surface area (Å²) in [5.74, 6) is 0.760. The molecule has 0 heterocycles. The van der Waals surface area contributed by atoms with Crippen LogP contribution in [-0.2, 0) is 11.2 Å². The van der Waals surface area contributed by atoms with Gasteiger partial charge < -0.3 is 10.1 Å². The first-order valence-corrected chi connectivity index (χ1v) is 6.96. The summed E-state index contributed by atoms with van der Waals surface area (Å²) in [6, 6.07) is 9.39. The van der Waals surface area contributed by atoms with E-state index < -0.39 is 0 Å². The van der Waals surface area contributed by atoms with Crippen LogP contribution in [0.1, 0.15) is 43.9 Å². The van der Waals surface area contributed by atoms with Crippen molar-refractivity contribution >= 4 is 0 Å². The summed E-state index contributed by atoms with van der Waals surface area (Å²) in [6.07, 6.45) is 3.43. The third-order valence-corrected chi connectivity index (χ3v) is 3.66. The molecule has 0 spiro atoms. The topological polar surface area (TPSA) is 21.3 Å². The summed E-state index contributed by atoms with van der Waals surface area (Å²) < 4.78 is 5.10. The van der Waals surface area contributed by atoms with Crippen molar-refractivity contribution in [3.63, 3.8) is 0 Å². The minimum Gasteiger partial charge on any atom is -0.384 e. The van der Waals surface area contributed by atoms with Crippen LogP contribution in [0, 0.1) is 5.92 Å². The normalized spacial score (nSPS) is 14.4. The largest absolute Gasteiger partial charge is 0.384 e. The molecule has 0 aliphatic rings. The van der Waals surface area contributed by atoms with E-state index >= 15 is 0 Å². The molecule has 102 valence electrons. The van der Waals surface area contributed by atoms with Crippen molar-refractivity contribution in [2.45, 2.75) is 39.2 Å². The lowest BCUT2D eigenvalue weighted by Gasteiger charge is -2.20. The zero-order chi connectivity index (χ0) is 13.4. The molecule has 2 unspecified atom stereocenters. The maximum atomic E-state index is 5.10. The Morgan fingerprint density at radius 2 is 1.89 bits per heavy atom. The lowest BCUT2D eigenvalue weighted by atomic mass is 9.93. The van der Waals surface area contributed by atoms with Gasteiger partial charge in [0.1, 0.15) is 0 Å². The fraction of sp³-hybridized carbons (Fsp3) is 0.625. The highest BCUT2D eigenvalue weighted by molar-refractivity contribution is 5.25. The van der Waals surface area contributed by atoms with E-state index in [1.54, 1.807) is 7.11 Å². The summed E-state index contributed by atoms with van der Waals surface area (Å²) in [5, 5.41) is 3.42. The Bertz CT molecular complexity index is 320. The molecule has 0 fully saturated rings. The van der Waals surface area contributed by atoms with Crippen LogP contribution in [-0.4, -0.2) is 20.8 Å². The van der Waals surface area contributed by atoms with Crippen molar-refractivity contribution in [3.8, 4) is 0 Å². The number of nitrogens with one attached hydrogen (secondary N) is 1. The molecule has 2 nitrogen and oxygen atoms in total. The quantitative estimate of drug-likeness (QED) is 0.760. The summed E-state index contributed by atoms with van der Waals surface area (Å²) in [4.78, 5) is 0. The van der Waals surface area contributed by atoms with Crippen molar-refractivity contribution in [2.24, 2.45) is 5.92 Å². The number of hydrogen-bond donors (Lipinski definition) is 1. The molecule has 0 bridgehead atoms. The number of benzene rings is 1. The fourth-order valence-electron chi connectivity index (χ4n) is 2.13. The van der Waals surface area contributed by atoms with Gasteiger partial charge in [0.15, 0.2) is 0 Å². The second-order valence-corrected chi connectivity index (χ2v) is 5.07. The summed E-state index contributed by atoms with van der Waals surface area (Å²) in [5.41, 5.74) is 2.73. The van der Waals surface area contributed by atoms with Gasteiger partial charge in [0, 0.05) is 13.2 Å². The van der Waals surface area contributed by atoms with Crippen molar-refractivity contribution in [2.75, 3.05) is 20.8 Å². The van der Waals surface area contributed by atoms with Gasteiger partial charge in [-0.1, -0.05) is 44.5 Å². The maximum absolute atomic E-state index is 5.10. The molecule has 1 rings (SSSR count). The molecule has 18 heavy (non-hydrogen) atoms. The second kappa shape index (κ2) is 8.28. The van der Waals surface area contributed by atoms with Crippen LogP contribution < -0.4 is 5.32 Å². The van der Waals surface area contributed by atoms with Crippen LogP contribution in [0.4, 0.5) is 0 Å². The number of ether oxygens (including phenoxy) is 1. The van der Waals surface area contributed by atoms with E-state index in [2.05, 4.69) is 43.4 Å². The Kier molecular flexibility index (Phi) is 6.99. The SMILES string of the molecule is CCC(C)CC(NC)c1ccc(CCOC)cc1. The van der Waals surface area contributed by atoms with Gasteiger partial charge in [0.25, 0.3) is 0 Å². The molecule has 1 N–H and O–H groups in total. The Morgan fingerprint density at radius 3 is 2.39 bits per heavy atom. The fourth-order valence-corrected chi connectivity index (χ4v) is 2.13. The predicted molar refractivity (Wildman–Crippen MR) is 77.9 cm³/mol. The third-order valence-electron chi connectivity index (χ3n) is 3.66. The molecule has 0 saturated carbocycles. The average Bonchev–Trinajstić information content (AvgIpc) is 2.42. The van der Waals surface area contributed by atoms with E-state index in [1.165, 1.54) is 24.0 Å². The number of rotatable bonds is 8. The molecule has 0 amide bonds. The minimum atomic E-state index is 0.469. The maximum Gasteiger partial charge on any atom is 0.0502 e. The molecular weight excluding hydrogens is 222 g/mol. The van der Waals surface area contributed by atoms with Crippen LogP contribution in [0.5, 0.6) is 0 Å². The predicted octanol–water partition coefficient (Wildman–Crippen LogP) is 3.57. The van der Waals surface area contributed by atoms with Gasteiger partial charge >= 0.3 is 0 Å². The molecule has 0 aliphatic heterocycles. The molecule has 1 aromatic carbocycles. The van der Waals surface area contributed by atoms with E-state index in [0.29, 0.717) is 6.04 Å². The monoisotopic (exact) mass is 249 g/mol. The van der Waals surface area contributed by atoms with Gasteiger partial charge in [0.2, 0.25) is 0 Å². The highest BCUT2D eigenvalue weighted by Gasteiger charge is 2.12. The Morgan fingerprint density at radius 1 is 1.22 bits per heavy atom. The summed E-state index contributed by atoms with van der Waals surface area (Å²) in [6.45, 7) is 5.37. The first kappa shape index (κ1) is 15.2. The summed E-state index contributed by atoms with van der Waals surface area (Å²) >= 11 is 0. The number of methoxy groups -OCH3 is 1. The smallest absolute Gasteiger partial charge is 0.0502 e. The van der Waals surface area contributed by atoms with Crippen LogP contribution in [0.25, 0.3) is 0 Å². The van der Waals surface area contributed by atoms with E-state index in [0.717, 1.165) is 18.9 Å². The summed E-state index contributed by atoms with van der Waals surface area (Å²) in [7, 11) is 3.80. The number of hydrogen-bond acceptors (Lipinski definition) is 2. The standard InChI is InChI=1S/C16H27NO/c1-5-13(2)12-16(17-3)15-8-6-14(7-9-15)10-11-18-4/h6-9,13,16-17H,5,10-12H2,1-4H3. The molecule has 1 aromatic rings. The van der Waals surface area contributed by atoms with Crippen LogP contribution in [0.2, 0.25) is 0 Å². The molecule has 2 heteroatoms. The Hall–Kier alpha value is -0.860. The van der Waals surface area contributed by atoms with Gasteiger partial charge in [-0.2, -0.15) is 0 Å². The van der Waals surface area contributed by atoms with Gasteiger partial charge in [-0.15, -0.1) is 0 Å². The zero-order valence-corrected chi connectivity index (χ0v) is 12.2. The van der Waals surface area contributed by atoms with Crippen LogP contribution in [0.15, 0.2) is 24.3 Å². The van der Waals surface area contributed by atoms with Crippen molar-refractivity contribution in [1.82, 2.24) is 5.32 Å². The highest BCUT2D eigenvalue weighted by atomic mass is 16.5. The van der Waals surface area contributed by atoms with Crippen molar-refractivity contribution in [3.05, 3.63) is 35.4 Å². The molecule has 0 aliphatic carbocycles. The van der Waals surface area contributed by atoms with E-state index in [1.807, 2.05) is 7.05 Å². The molecule has 0 aromatic heterocycles. The Labute approximate surface area is 112 Å². The van der Waals surface area contributed by atoms with Crippen LogP contribution >= 0.6 is 0 Å². The van der Waals surface area contributed by atoms with Gasteiger partial charge in [0.05, 0.1) is 6.61 Å². The van der Waals surface area contributed by atoms with Gasteiger partial charge in [-0.05, 0) is 36.9 Å². The van der Waals surface area contributed by atoms with E-state index in [9.17, 15) is 0 Å². The lowest BCUT2D eigenvalue weighted by molar-refractivity contribution is 0.202. The molecular formula is C16H27NO. The zero-order valence-electron chi connectivity index (χ0n) is 12.2. The Balaban J connectivity index is 2.63. The second-order valence-electron chi connectivity index (χ2n) is 5.07. The van der Waals surface area contributed by atoms with Crippen molar-refractivity contribution in [1.29, 1.82) is 0 Å². The lowest BCUT2D eigenvalue weighted by Crippen LogP contribution is -2.18. The van der Waals surface area contributed by atoms with E-state index in [-0.39, 0.29) is 0 Å². The molecule has 2 atom stereocenters. The molecule has 0 radical (unpaired) electrons. The van der Waals surface area contributed by atoms with Gasteiger partial charge in [-0.25, -0.2) is 0 Å². The van der Waals surface area contributed by atoms with E-state index in [4.69, 9.17) is 4.74 Å². The highest BCUT2D eigenvalue weighted by Crippen LogP contribution is 2.23. The van der Waals surface area contributed by atoms with Crippen LogP contribution in [0.3, 0.4) is 0 Å². The minimum absolute atomic E-state index is 0.469. The first-order chi connectivity index (χ1) is 8.71.